The number of rotatable bonds is 4. The first kappa shape index (κ1) is 13.4. The summed E-state index contributed by atoms with van der Waals surface area (Å²) >= 11 is 0. The number of oxazole rings is 1. The molecule has 0 aliphatic carbocycles. The van der Waals surface area contributed by atoms with Crippen molar-refractivity contribution in [3.63, 3.8) is 0 Å². The first-order chi connectivity index (χ1) is 9.63. The van der Waals surface area contributed by atoms with Gasteiger partial charge in [-0.05, 0) is 18.9 Å². The van der Waals surface area contributed by atoms with Crippen LogP contribution in [0.5, 0.6) is 0 Å². The summed E-state index contributed by atoms with van der Waals surface area (Å²) in [5.41, 5.74) is 2.30. The summed E-state index contributed by atoms with van der Waals surface area (Å²) < 4.78 is 7.59. The van der Waals surface area contributed by atoms with Crippen molar-refractivity contribution in [3.8, 4) is 0 Å². The van der Waals surface area contributed by atoms with Gasteiger partial charge < -0.3 is 4.42 Å². The van der Waals surface area contributed by atoms with Crippen molar-refractivity contribution in [1.29, 1.82) is 0 Å². The van der Waals surface area contributed by atoms with Crippen molar-refractivity contribution in [2.75, 3.05) is 13.1 Å². The van der Waals surface area contributed by atoms with E-state index in [1.54, 1.807) is 6.39 Å². The first-order valence-electron chi connectivity index (χ1n) is 7.29. The van der Waals surface area contributed by atoms with E-state index in [2.05, 4.69) is 46.6 Å². The molecular weight excluding hydrogens is 252 g/mol. The predicted molar refractivity (Wildman–Crippen MR) is 76.5 cm³/mol. The van der Waals surface area contributed by atoms with Crippen LogP contribution in [0.15, 0.2) is 23.2 Å². The summed E-state index contributed by atoms with van der Waals surface area (Å²) in [5.74, 6) is 1.41. The molecule has 0 radical (unpaired) electrons. The lowest BCUT2D eigenvalue weighted by Gasteiger charge is -2.16. The molecule has 0 aromatic carbocycles. The first-order valence-corrected chi connectivity index (χ1v) is 7.29. The monoisotopic (exact) mass is 274 g/mol. The van der Waals surface area contributed by atoms with Crippen LogP contribution in [0.4, 0.5) is 0 Å². The van der Waals surface area contributed by atoms with E-state index >= 15 is 0 Å². The van der Waals surface area contributed by atoms with Crippen molar-refractivity contribution in [3.05, 3.63) is 35.8 Å². The van der Waals surface area contributed by atoms with Crippen molar-refractivity contribution in [2.45, 2.75) is 45.7 Å². The van der Waals surface area contributed by atoms with E-state index in [1.807, 2.05) is 6.20 Å². The lowest BCUT2D eigenvalue weighted by molar-refractivity contribution is 0.305. The minimum Gasteiger partial charge on any atom is -0.448 e. The Balaban J connectivity index is 1.64. The van der Waals surface area contributed by atoms with E-state index in [1.165, 1.54) is 5.56 Å². The summed E-state index contributed by atoms with van der Waals surface area (Å²) in [6.07, 6.45) is 6.77. The second kappa shape index (κ2) is 5.40. The van der Waals surface area contributed by atoms with Gasteiger partial charge in [-0.3, -0.25) is 9.58 Å². The summed E-state index contributed by atoms with van der Waals surface area (Å²) in [7, 11) is 0. The lowest BCUT2D eigenvalue weighted by atomic mass is 10.1. The maximum Gasteiger partial charge on any atom is 0.181 e. The fourth-order valence-corrected chi connectivity index (χ4v) is 2.88. The van der Waals surface area contributed by atoms with Gasteiger partial charge in [-0.1, -0.05) is 13.8 Å². The topological polar surface area (TPSA) is 47.1 Å². The molecule has 0 spiro atoms. The normalized spacial score (nSPS) is 20.1. The zero-order valence-corrected chi connectivity index (χ0v) is 12.4. The molecule has 1 atom stereocenters. The van der Waals surface area contributed by atoms with E-state index in [9.17, 15) is 0 Å². The Bertz CT molecular complexity index is 572. The molecule has 0 N–H and O–H groups in total. The Labute approximate surface area is 119 Å². The van der Waals surface area contributed by atoms with Gasteiger partial charge in [-0.2, -0.15) is 5.10 Å². The minimum absolute atomic E-state index is 0.389. The molecule has 108 valence electrons. The Kier molecular flexibility index (Phi) is 3.61. The average Bonchev–Trinajstić information content (AvgIpc) is 3.09. The molecule has 0 amide bonds. The van der Waals surface area contributed by atoms with E-state index in [4.69, 9.17) is 4.42 Å². The van der Waals surface area contributed by atoms with Gasteiger partial charge in [-0.15, -0.1) is 0 Å². The zero-order chi connectivity index (χ0) is 14.1. The molecule has 5 nitrogen and oxygen atoms in total. The molecule has 1 aliphatic rings. The van der Waals surface area contributed by atoms with Crippen LogP contribution in [0.1, 0.15) is 49.2 Å². The van der Waals surface area contributed by atoms with Gasteiger partial charge in [0.15, 0.2) is 6.39 Å². The molecule has 0 saturated carbocycles. The maximum absolute atomic E-state index is 5.50. The van der Waals surface area contributed by atoms with Gasteiger partial charge in [0.1, 0.15) is 5.76 Å². The van der Waals surface area contributed by atoms with E-state index in [0.29, 0.717) is 12.0 Å². The Morgan fingerprint density at radius 2 is 2.30 bits per heavy atom. The molecule has 20 heavy (non-hydrogen) atoms. The standard InChI is InChI=1S/C15H22N4O/c1-11(2)15-14(16-10-20-15)9-18-5-4-13(8-18)19-7-12(3)6-17-19/h6-7,10-11,13H,4-5,8-9H2,1-3H3. The van der Waals surface area contributed by atoms with Gasteiger partial charge in [0, 0.05) is 31.7 Å². The fraction of sp³-hybridized carbons (Fsp3) is 0.600. The number of hydrogen-bond acceptors (Lipinski definition) is 4. The van der Waals surface area contributed by atoms with Crippen LogP contribution < -0.4 is 0 Å². The van der Waals surface area contributed by atoms with Gasteiger partial charge in [0.2, 0.25) is 0 Å². The van der Waals surface area contributed by atoms with Crippen LogP contribution in [0, 0.1) is 6.92 Å². The van der Waals surface area contributed by atoms with E-state index < -0.39 is 0 Å². The summed E-state index contributed by atoms with van der Waals surface area (Å²) in [5, 5.41) is 4.43. The highest BCUT2D eigenvalue weighted by molar-refractivity contribution is 5.11. The molecule has 2 aromatic rings. The molecule has 1 unspecified atom stereocenters. The summed E-state index contributed by atoms with van der Waals surface area (Å²) in [6, 6.07) is 0.484. The second-order valence-corrected chi connectivity index (χ2v) is 5.99. The van der Waals surface area contributed by atoms with Gasteiger partial charge >= 0.3 is 0 Å². The quantitative estimate of drug-likeness (QED) is 0.860. The second-order valence-electron chi connectivity index (χ2n) is 5.99. The van der Waals surface area contributed by atoms with Gasteiger partial charge in [0.05, 0.1) is 17.9 Å². The highest BCUT2D eigenvalue weighted by atomic mass is 16.3. The molecular formula is C15H22N4O. The molecule has 1 aliphatic heterocycles. The van der Waals surface area contributed by atoms with E-state index in [-0.39, 0.29) is 0 Å². The number of aromatic nitrogens is 3. The van der Waals surface area contributed by atoms with Crippen LogP contribution in [0.2, 0.25) is 0 Å². The third-order valence-electron chi connectivity index (χ3n) is 3.92. The molecule has 5 heteroatoms. The molecule has 0 bridgehead atoms. The van der Waals surface area contributed by atoms with Crippen molar-refractivity contribution in [2.24, 2.45) is 0 Å². The SMILES string of the molecule is Cc1cnn(C2CCN(Cc3ncoc3C(C)C)C2)c1. The maximum atomic E-state index is 5.50. The molecule has 1 fully saturated rings. The molecule has 3 rings (SSSR count). The Hall–Kier alpha value is -1.62. The highest BCUT2D eigenvalue weighted by Gasteiger charge is 2.26. The zero-order valence-electron chi connectivity index (χ0n) is 12.4. The van der Waals surface area contributed by atoms with Crippen molar-refractivity contribution >= 4 is 0 Å². The lowest BCUT2D eigenvalue weighted by Crippen LogP contribution is -2.22. The third-order valence-corrected chi connectivity index (χ3v) is 3.92. The Morgan fingerprint density at radius 3 is 3.00 bits per heavy atom. The average molecular weight is 274 g/mol. The number of likely N-dealkylation sites (tertiary alicyclic amines) is 1. The Morgan fingerprint density at radius 1 is 1.45 bits per heavy atom. The summed E-state index contributed by atoms with van der Waals surface area (Å²) in [6.45, 7) is 9.37. The van der Waals surface area contributed by atoms with Gasteiger partial charge in [0.25, 0.3) is 0 Å². The number of hydrogen-bond donors (Lipinski definition) is 0. The molecule has 3 heterocycles. The van der Waals surface area contributed by atoms with Gasteiger partial charge in [-0.25, -0.2) is 4.98 Å². The third kappa shape index (κ3) is 2.63. The number of nitrogens with zero attached hydrogens (tertiary/aromatic N) is 4. The van der Waals surface area contributed by atoms with Crippen molar-refractivity contribution < 1.29 is 4.42 Å². The smallest absolute Gasteiger partial charge is 0.181 e. The highest BCUT2D eigenvalue weighted by Crippen LogP contribution is 2.25. The van der Waals surface area contributed by atoms with Crippen LogP contribution in [-0.2, 0) is 6.54 Å². The van der Waals surface area contributed by atoms with Crippen LogP contribution >= 0.6 is 0 Å². The van der Waals surface area contributed by atoms with Crippen LogP contribution in [-0.4, -0.2) is 32.8 Å². The van der Waals surface area contributed by atoms with Crippen LogP contribution in [0.3, 0.4) is 0 Å². The summed E-state index contributed by atoms with van der Waals surface area (Å²) in [4.78, 5) is 6.81. The minimum atomic E-state index is 0.389. The predicted octanol–water partition coefficient (Wildman–Crippen LogP) is 2.75. The fourth-order valence-electron chi connectivity index (χ4n) is 2.88. The van der Waals surface area contributed by atoms with Crippen LogP contribution in [0.25, 0.3) is 0 Å². The number of aryl methyl sites for hydroxylation is 1. The van der Waals surface area contributed by atoms with Crippen molar-refractivity contribution in [1.82, 2.24) is 19.7 Å². The molecule has 2 aromatic heterocycles. The van der Waals surface area contributed by atoms with E-state index in [0.717, 1.165) is 37.5 Å². The molecule has 1 saturated heterocycles. The largest absolute Gasteiger partial charge is 0.448 e.